The molecule has 4 heteroatoms. The van der Waals surface area contributed by atoms with E-state index in [1.807, 2.05) is 27.7 Å². The topological polar surface area (TPSA) is 34.1 Å². The van der Waals surface area contributed by atoms with Crippen molar-refractivity contribution in [2.24, 2.45) is 11.8 Å². The molecule has 0 aromatic heterocycles. The summed E-state index contributed by atoms with van der Waals surface area (Å²) in [5.41, 5.74) is 0. The van der Waals surface area contributed by atoms with Crippen molar-refractivity contribution in [2.45, 2.75) is 32.9 Å². The highest BCUT2D eigenvalue weighted by Crippen LogP contribution is 2.23. The van der Waals surface area contributed by atoms with Crippen LogP contribution in [-0.2, 0) is 9.05 Å². The van der Waals surface area contributed by atoms with Crippen molar-refractivity contribution in [3.8, 4) is 0 Å². The van der Waals surface area contributed by atoms with E-state index in [9.17, 15) is 8.42 Å². The Morgan fingerprint density at radius 3 is 1.27 bits per heavy atom. The van der Waals surface area contributed by atoms with Crippen molar-refractivity contribution in [1.29, 1.82) is 0 Å². The Hall–Kier alpha value is 0.240. The summed E-state index contributed by atoms with van der Waals surface area (Å²) in [6.45, 7) is 7.46. The van der Waals surface area contributed by atoms with Crippen LogP contribution in [0.15, 0.2) is 0 Å². The largest absolute Gasteiger partial charge is 0.235 e. The first-order chi connectivity index (χ1) is 4.76. The second-order valence-corrected chi connectivity index (χ2v) is 6.21. The van der Waals surface area contributed by atoms with Gasteiger partial charge in [-0.1, -0.05) is 27.7 Å². The summed E-state index contributed by atoms with van der Waals surface area (Å²) in [5, 5.41) is -0.427. The number of halogens is 1. The van der Waals surface area contributed by atoms with Crippen LogP contribution in [0.1, 0.15) is 27.7 Å². The summed E-state index contributed by atoms with van der Waals surface area (Å²) < 4.78 is 22.0. The summed E-state index contributed by atoms with van der Waals surface area (Å²) in [6, 6.07) is 0. The molecule has 2 nitrogen and oxygen atoms in total. The monoisotopic (exact) mass is 198 g/mol. The van der Waals surface area contributed by atoms with Crippen molar-refractivity contribution < 1.29 is 8.42 Å². The minimum Gasteiger partial charge on any atom is -0.212 e. The van der Waals surface area contributed by atoms with E-state index in [0.717, 1.165) is 0 Å². The summed E-state index contributed by atoms with van der Waals surface area (Å²) in [5.74, 6) is 0.162. The quantitative estimate of drug-likeness (QED) is 0.652. The highest BCUT2D eigenvalue weighted by Gasteiger charge is 2.29. The van der Waals surface area contributed by atoms with Crippen LogP contribution in [0.25, 0.3) is 0 Å². The lowest BCUT2D eigenvalue weighted by Gasteiger charge is -2.20. The van der Waals surface area contributed by atoms with Gasteiger partial charge in [0.2, 0.25) is 9.05 Å². The summed E-state index contributed by atoms with van der Waals surface area (Å²) in [6.07, 6.45) is 0. The lowest BCUT2D eigenvalue weighted by Crippen LogP contribution is -2.28. The number of rotatable bonds is 3. The predicted octanol–water partition coefficient (Wildman–Crippen LogP) is 2.24. The second-order valence-electron chi connectivity index (χ2n) is 3.43. The van der Waals surface area contributed by atoms with Crippen LogP contribution in [0, 0.1) is 11.8 Å². The Morgan fingerprint density at radius 1 is 1.00 bits per heavy atom. The van der Waals surface area contributed by atoms with Gasteiger partial charge in [-0.25, -0.2) is 8.42 Å². The molecule has 0 aliphatic heterocycles. The molecule has 0 heterocycles. The molecule has 0 aromatic carbocycles. The molecule has 0 amide bonds. The molecular formula is C7H15ClO2S. The average Bonchev–Trinajstić information content (AvgIpc) is 1.54. The van der Waals surface area contributed by atoms with Gasteiger partial charge in [0.25, 0.3) is 0 Å². The Bertz CT molecular complexity index is 198. The normalized spacial score (nSPS) is 13.5. The van der Waals surface area contributed by atoms with Crippen LogP contribution in [0.3, 0.4) is 0 Å². The van der Waals surface area contributed by atoms with E-state index < -0.39 is 14.3 Å². The third-order valence-electron chi connectivity index (χ3n) is 1.64. The predicted molar refractivity (Wildman–Crippen MR) is 48.2 cm³/mol. The van der Waals surface area contributed by atoms with Gasteiger partial charge >= 0.3 is 0 Å². The van der Waals surface area contributed by atoms with Crippen LogP contribution >= 0.6 is 10.7 Å². The molecule has 0 aromatic rings. The van der Waals surface area contributed by atoms with Crippen molar-refractivity contribution in [3.63, 3.8) is 0 Å². The van der Waals surface area contributed by atoms with Crippen molar-refractivity contribution in [3.05, 3.63) is 0 Å². The fourth-order valence-electron chi connectivity index (χ4n) is 1.42. The number of hydrogen-bond donors (Lipinski definition) is 0. The molecule has 0 saturated heterocycles. The van der Waals surface area contributed by atoms with Gasteiger partial charge in [0, 0.05) is 10.7 Å². The van der Waals surface area contributed by atoms with Crippen LogP contribution < -0.4 is 0 Å². The van der Waals surface area contributed by atoms with Crippen molar-refractivity contribution >= 4 is 19.7 Å². The third-order valence-corrected chi connectivity index (χ3v) is 4.00. The van der Waals surface area contributed by atoms with Gasteiger partial charge in [-0.2, -0.15) is 0 Å². The van der Waals surface area contributed by atoms with E-state index in [0.29, 0.717) is 0 Å². The van der Waals surface area contributed by atoms with Gasteiger partial charge in [0.05, 0.1) is 5.25 Å². The van der Waals surface area contributed by atoms with Gasteiger partial charge in [0.15, 0.2) is 0 Å². The summed E-state index contributed by atoms with van der Waals surface area (Å²) in [7, 11) is 1.87. The molecule has 0 spiro atoms. The Morgan fingerprint density at radius 2 is 1.27 bits per heavy atom. The van der Waals surface area contributed by atoms with Crippen LogP contribution in [0.4, 0.5) is 0 Å². The zero-order valence-corrected chi connectivity index (χ0v) is 8.91. The van der Waals surface area contributed by atoms with Crippen LogP contribution in [0.2, 0.25) is 0 Å². The van der Waals surface area contributed by atoms with Gasteiger partial charge in [-0.15, -0.1) is 0 Å². The molecule has 0 N–H and O–H groups in total. The standard InChI is InChI=1S/C7H15ClO2S/c1-5(2)7(6(3)4)11(8,9)10/h5-7H,1-4H3. The molecule has 0 unspecified atom stereocenters. The SMILES string of the molecule is CC(C)C(C(C)C)S(=O)(=O)Cl. The lowest BCUT2D eigenvalue weighted by atomic mass is 10.0. The van der Waals surface area contributed by atoms with Crippen molar-refractivity contribution in [2.75, 3.05) is 0 Å². The van der Waals surface area contributed by atoms with E-state index in [1.54, 1.807) is 0 Å². The maximum absolute atomic E-state index is 11.0. The second kappa shape index (κ2) is 3.76. The Labute approximate surface area is 73.4 Å². The maximum Gasteiger partial charge on any atom is 0.235 e. The molecule has 0 aliphatic rings. The minimum atomic E-state index is -3.39. The molecule has 11 heavy (non-hydrogen) atoms. The molecule has 0 rings (SSSR count). The van der Waals surface area contributed by atoms with Crippen molar-refractivity contribution in [1.82, 2.24) is 0 Å². The van der Waals surface area contributed by atoms with Gasteiger partial charge in [0.1, 0.15) is 0 Å². The third kappa shape index (κ3) is 3.43. The number of hydrogen-bond acceptors (Lipinski definition) is 2. The molecule has 0 bridgehead atoms. The van der Waals surface area contributed by atoms with Crippen LogP contribution in [0.5, 0.6) is 0 Å². The van der Waals surface area contributed by atoms with E-state index in [2.05, 4.69) is 0 Å². The van der Waals surface area contributed by atoms with Gasteiger partial charge < -0.3 is 0 Å². The minimum absolute atomic E-state index is 0.0810. The zero-order valence-electron chi connectivity index (χ0n) is 7.33. The smallest absolute Gasteiger partial charge is 0.212 e. The van der Waals surface area contributed by atoms with E-state index in [1.165, 1.54) is 0 Å². The lowest BCUT2D eigenvalue weighted by molar-refractivity contribution is 0.457. The first-order valence-electron chi connectivity index (χ1n) is 3.70. The highest BCUT2D eigenvalue weighted by molar-refractivity contribution is 8.14. The van der Waals surface area contributed by atoms with E-state index >= 15 is 0 Å². The van der Waals surface area contributed by atoms with Gasteiger partial charge in [-0.3, -0.25) is 0 Å². The Balaban J connectivity index is 4.64. The zero-order chi connectivity index (χ0) is 9.23. The molecule has 0 saturated carbocycles. The molecule has 0 atom stereocenters. The molecule has 0 aliphatic carbocycles. The van der Waals surface area contributed by atoms with Gasteiger partial charge in [-0.05, 0) is 11.8 Å². The molecule has 68 valence electrons. The van der Waals surface area contributed by atoms with E-state index in [-0.39, 0.29) is 11.8 Å². The van der Waals surface area contributed by atoms with E-state index in [4.69, 9.17) is 10.7 Å². The molecule has 0 radical (unpaired) electrons. The fourth-order valence-corrected chi connectivity index (χ4v) is 3.95. The average molecular weight is 199 g/mol. The highest BCUT2D eigenvalue weighted by atomic mass is 35.7. The fraction of sp³-hybridized carbons (Fsp3) is 1.00. The maximum atomic E-state index is 11.0. The Kier molecular flexibility index (Phi) is 3.85. The first-order valence-corrected chi connectivity index (χ1v) is 6.07. The molecular weight excluding hydrogens is 184 g/mol. The summed E-state index contributed by atoms with van der Waals surface area (Å²) >= 11 is 0. The van der Waals surface area contributed by atoms with Crippen LogP contribution in [-0.4, -0.2) is 13.7 Å². The first kappa shape index (κ1) is 11.2. The summed E-state index contributed by atoms with van der Waals surface area (Å²) in [4.78, 5) is 0. The molecule has 0 fully saturated rings.